The Balaban J connectivity index is 1.30. The molecular weight excluding hydrogens is 621 g/mol. The molecule has 3 aromatic carbocycles. The summed E-state index contributed by atoms with van der Waals surface area (Å²) in [5.74, 6) is -4.30. The molecule has 0 fully saturated rings. The van der Waals surface area contributed by atoms with Crippen molar-refractivity contribution in [2.24, 2.45) is 0 Å². The minimum atomic E-state index is -4.99. The van der Waals surface area contributed by atoms with Gasteiger partial charge in [0.05, 0.1) is 22.3 Å². The Bertz CT molecular complexity index is 2130. The van der Waals surface area contributed by atoms with Crippen LogP contribution in [0.15, 0.2) is 103 Å². The molecule has 3 N–H and O–H groups in total. The second-order valence-electron chi connectivity index (χ2n) is 10.2. The highest BCUT2D eigenvalue weighted by Crippen LogP contribution is 2.35. The van der Waals surface area contributed by atoms with Gasteiger partial charge in [-0.05, 0) is 66.2 Å². The third-order valence-electron chi connectivity index (χ3n) is 6.91. The van der Waals surface area contributed by atoms with Gasteiger partial charge >= 0.3 is 12.1 Å². The minimum Gasteiger partial charge on any atom is -0.344 e. The van der Waals surface area contributed by atoms with Crippen molar-refractivity contribution in [2.75, 3.05) is 10.6 Å². The summed E-state index contributed by atoms with van der Waals surface area (Å²) in [6, 6.07) is 22.9. The van der Waals surface area contributed by atoms with Crippen molar-refractivity contribution in [2.45, 2.75) is 12.7 Å². The number of alkyl halides is 3. The standard InChI is InChI=1S/C33H22F5N7O2/c34-21-10-11-25(35)24(17-21)30(46)41-23-8-4-6-20(16-23)29-28(27-9-1-2-14-45(27)44-29)26-12-13-39-32(43-26)42-22-7-3-5-19(15-22)18-40-31(47)33(36,37)38/h1-17H,18H2,(H,40,47)(H,41,46)(H,39,42,43). The second-order valence-corrected chi connectivity index (χ2v) is 10.2. The van der Waals surface area contributed by atoms with Crippen LogP contribution in [0, 0.1) is 11.6 Å². The highest BCUT2D eigenvalue weighted by atomic mass is 19.4. The van der Waals surface area contributed by atoms with Gasteiger partial charge in [0.15, 0.2) is 0 Å². The normalized spacial score (nSPS) is 11.3. The van der Waals surface area contributed by atoms with Crippen molar-refractivity contribution in [1.82, 2.24) is 24.9 Å². The second kappa shape index (κ2) is 12.7. The first-order valence-corrected chi connectivity index (χ1v) is 13.9. The molecule has 0 atom stereocenters. The van der Waals surface area contributed by atoms with Crippen LogP contribution in [0.25, 0.3) is 28.0 Å². The van der Waals surface area contributed by atoms with Crippen molar-refractivity contribution >= 4 is 34.7 Å². The molecule has 236 valence electrons. The van der Waals surface area contributed by atoms with E-state index in [-0.39, 0.29) is 12.5 Å². The van der Waals surface area contributed by atoms with E-state index in [2.05, 4.69) is 20.6 Å². The molecule has 47 heavy (non-hydrogen) atoms. The van der Waals surface area contributed by atoms with Gasteiger partial charge in [-0.2, -0.15) is 18.3 Å². The number of nitrogens with one attached hydrogen (secondary N) is 3. The van der Waals surface area contributed by atoms with Crippen LogP contribution in [0.5, 0.6) is 0 Å². The van der Waals surface area contributed by atoms with Gasteiger partial charge in [-0.3, -0.25) is 9.59 Å². The van der Waals surface area contributed by atoms with E-state index in [1.165, 1.54) is 6.20 Å². The molecule has 3 aromatic heterocycles. The molecule has 3 heterocycles. The summed E-state index contributed by atoms with van der Waals surface area (Å²) in [4.78, 5) is 32.9. The van der Waals surface area contributed by atoms with Gasteiger partial charge in [-0.25, -0.2) is 23.3 Å². The van der Waals surface area contributed by atoms with Crippen molar-refractivity contribution < 1.29 is 31.5 Å². The number of rotatable bonds is 8. The number of benzene rings is 3. The predicted octanol–water partition coefficient (Wildman–Crippen LogP) is 6.91. The van der Waals surface area contributed by atoms with Crippen LogP contribution in [0.2, 0.25) is 0 Å². The summed E-state index contributed by atoms with van der Waals surface area (Å²) in [5, 5.41) is 12.2. The lowest BCUT2D eigenvalue weighted by molar-refractivity contribution is -0.173. The number of pyridine rings is 1. The minimum absolute atomic E-state index is 0.179. The number of anilines is 3. The summed E-state index contributed by atoms with van der Waals surface area (Å²) in [5.41, 5.74) is 3.64. The first kappa shape index (κ1) is 30.8. The van der Waals surface area contributed by atoms with Gasteiger partial charge in [0.1, 0.15) is 17.3 Å². The smallest absolute Gasteiger partial charge is 0.344 e. The van der Waals surface area contributed by atoms with E-state index in [0.717, 1.165) is 18.2 Å². The topological polar surface area (TPSA) is 113 Å². The largest absolute Gasteiger partial charge is 0.471 e. The van der Waals surface area contributed by atoms with Crippen LogP contribution >= 0.6 is 0 Å². The maximum Gasteiger partial charge on any atom is 0.471 e. The molecule has 6 rings (SSSR count). The van der Waals surface area contributed by atoms with Gasteiger partial charge < -0.3 is 16.0 Å². The molecule has 0 saturated heterocycles. The van der Waals surface area contributed by atoms with Gasteiger partial charge in [0.2, 0.25) is 5.95 Å². The van der Waals surface area contributed by atoms with E-state index >= 15 is 0 Å². The van der Waals surface area contributed by atoms with Crippen molar-refractivity contribution in [3.8, 4) is 22.5 Å². The quantitative estimate of drug-likeness (QED) is 0.155. The third-order valence-corrected chi connectivity index (χ3v) is 6.91. The van der Waals surface area contributed by atoms with Gasteiger partial charge in [-0.15, -0.1) is 0 Å². The van der Waals surface area contributed by atoms with Crippen molar-refractivity contribution in [3.63, 3.8) is 0 Å². The summed E-state index contributed by atoms with van der Waals surface area (Å²) in [6.07, 6.45) is -1.71. The average molecular weight is 644 g/mol. The molecule has 9 nitrogen and oxygen atoms in total. The number of halogens is 5. The van der Waals surface area contributed by atoms with E-state index in [0.29, 0.717) is 45.0 Å². The average Bonchev–Trinajstić information content (AvgIpc) is 3.44. The fraction of sp³-hybridized carbons (Fsp3) is 0.0606. The molecule has 0 aliphatic heterocycles. The summed E-state index contributed by atoms with van der Waals surface area (Å²) >= 11 is 0. The van der Waals surface area contributed by atoms with Crippen LogP contribution < -0.4 is 16.0 Å². The molecule has 0 radical (unpaired) electrons. The predicted molar refractivity (Wildman–Crippen MR) is 164 cm³/mol. The van der Waals surface area contributed by atoms with Gasteiger partial charge in [0.25, 0.3) is 5.91 Å². The Labute approximate surface area is 263 Å². The number of hydrogen-bond donors (Lipinski definition) is 3. The Kier molecular flexibility index (Phi) is 8.31. The lowest BCUT2D eigenvalue weighted by atomic mass is 10.0. The molecule has 0 aliphatic carbocycles. The SMILES string of the molecule is O=C(Nc1cccc(-c2nn3ccccc3c2-c2ccnc(Nc3cccc(CNC(=O)C(F)(F)F)c3)n2)c1)c1cc(F)ccc1F. The molecule has 0 unspecified atom stereocenters. The molecule has 6 aromatic rings. The Morgan fingerprint density at radius 3 is 2.49 bits per heavy atom. The van der Waals surface area contributed by atoms with Crippen LogP contribution in [-0.4, -0.2) is 37.6 Å². The highest BCUT2D eigenvalue weighted by molar-refractivity contribution is 6.05. The van der Waals surface area contributed by atoms with Crippen LogP contribution in [0.1, 0.15) is 15.9 Å². The number of hydrogen-bond acceptors (Lipinski definition) is 6. The molecule has 0 saturated carbocycles. The molecule has 0 bridgehead atoms. The number of aromatic nitrogens is 4. The zero-order chi connectivity index (χ0) is 33.1. The highest BCUT2D eigenvalue weighted by Gasteiger charge is 2.38. The van der Waals surface area contributed by atoms with E-state index in [9.17, 15) is 31.5 Å². The Morgan fingerprint density at radius 1 is 0.851 bits per heavy atom. The monoisotopic (exact) mass is 643 g/mol. The maximum atomic E-state index is 14.2. The van der Waals surface area contributed by atoms with Crippen molar-refractivity contribution in [3.05, 3.63) is 126 Å². The van der Waals surface area contributed by atoms with Gasteiger partial charge in [0, 0.05) is 35.9 Å². The first-order valence-electron chi connectivity index (χ1n) is 13.9. The molecule has 2 amide bonds. The number of carbonyl (C=O) groups excluding carboxylic acids is 2. The fourth-order valence-electron chi connectivity index (χ4n) is 4.80. The summed E-state index contributed by atoms with van der Waals surface area (Å²) < 4.78 is 67.3. The van der Waals surface area contributed by atoms with Crippen molar-refractivity contribution in [1.29, 1.82) is 0 Å². The number of carbonyl (C=O) groups is 2. The molecule has 0 aliphatic rings. The lowest BCUT2D eigenvalue weighted by Gasteiger charge is -2.11. The molecule has 0 spiro atoms. The van der Waals surface area contributed by atoms with Crippen LogP contribution in [0.3, 0.4) is 0 Å². The number of amides is 2. The zero-order valence-corrected chi connectivity index (χ0v) is 24.0. The first-order chi connectivity index (χ1) is 22.5. The summed E-state index contributed by atoms with van der Waals surface area (Å²) in [7, 11) is 0. The maximum absolute atomic E-state index is 14.2. The van der Waals surface area contributed by atoms with E-state index in [1.807, 2.05) is 17.4 Å². The Hall–Kier alpha value is -6.18. The fourth-order valence-corrected chi connectivity index (χ4v) is 4.80. The third kappa shape index (κ3) is 6.91. The number of fused-ring (bicyclic) bond motifs is 1. The van der Waals surface area contributed by atoms with E-state index < -0.39 is 35.2 Å². The number of nitrogens with zero attached hydrogens (tertiary/aromatic N) is 4. The van der Waals surface area contributed by atoms with E-state index in [1.54, 1.807) is 71.4 Å². The van der Waals surface area contributed by atoms with Gasteiger partial charge in [-0.1, -0.05) is 30.3 Å². The molecule has 14 heteroatoms. The molecular formula is C33H22F5N7O2. The van der Waals surface area contributed by atoms with E-state index in [4.69, 9.17) is 5.10 Å². The Morgan fingerprint density at radius 2 is 1.66 bits per heavy atom. The van der Waals surface area contributed by atoms with Crippen LogP contribution in [-0.2, 0) is 11.3 Å². The zero-order valence-electron chi connectivity index (χ0n) is 24.0. The lowest BCUT2D eigenvalue weighted by Crippen LogP contribution is -2.36. The summed E-state index contributed by atoms with van der Waals surface area (Å²) in [6.45, 7) is -0.336. The van der Waals surface area contributed by atoms with Crippen LogP contribution in [0.4, 0.5) is 39.3 Å².